The molecule has 4 aromatic rings. The van der Waals surface area contributed by atoms with Crippen LogP contribution in [0.5, 0.6) is 5.75 Å². The van der Waals surface area contributed by atoms with Gasteiger partial charge in [-0.3, -0.25) is 0 Å². The number of para-hydroxylation sites is 1. The lowest BCUT2D eigenvalue weighted by Crippen LogP contribution is -2.29. The number of hydrogen-bond acceptors (Lipinski definition) is 7. The van der Waals surface area contributed by atoms with Gasteiger partial charge in [0.2, 0.25) is 5.95 Å². The monoisotopic (exact) mass is 391 g/mol. The average Bonchev–Trinajstić information content (AvgIpc) is 3.20. The molecule has 1 unspecified atom stereocenters. The summed E-state index contributed by atoms with van der Waals surface area (Å²) in [5.74, 6) is 1.38. The number of rotatable bonds is 6. The van der Waals surface area contributed by atoms with Crippen LogP contribution < -0.4 is 10.1 Å². The summed E-state index contributed by atoms with van der Waals surface area (Å²) in [6.07, 6.45) is 0. The Bertz CT molecular complexity index is 1170. The Morgan fingerprint density at radius 2 is 1.90 bits per heavy atom. The molecule has 0 aliphatic carbocycles. The molecule has 0 bridgehead atoms. The molecule has 1 atom stereocenters. The van der Waals surface area contributed by atoms with E-state index in [-0.39, 0.29) is 5.97 Å². The number of esters is 1. The number of hydrogen-bond donors (Lipinski definition) is 1. The molecule has 0 fully saturated rings. The minimum Gasteiger partial charge on any atom is -0.497 e. The molecule has 8 heteroatoms. The molecule has 1 N–H and O–H groups in total. The van der Waals surface area contributed by atoms with Crippen molar-refractivity contribution in [3.8, 4) is 17.1 Å². The zero-order valence-corrected chi connectivity index (χ0v) is 16.4. The minimum atomic E-state index is -0.583. The van der Waals surface area contributed by atoms with Crippen LogP contribution in [0.3, 0.4) is 0 Å². The van der Waals surface area contributed by atoms with Crippen molar-refractivity contribution in [2.24, 2.45) is 0 Å². The summed E-state index contributed by atoms with van der Waals surface area (Å²) in [6.45, 7) is 3.81. The van der Waals surface area contributed by atoms with Crippen LogP contribution in [0.25, 0.3) is 27.9 Å². The lowest BCUT2D eigenvalue weighted by molar-refractivity contribution is -0.143. The van der Waals surface area contributed by atoms with E-state index in [1.807, 2.05) is 48.5 Å². The fourth-order valence-corrected chi connectivity index (χ4v) is 3.03. The number of ether oxygens (including phenoxy) is 2. The third-order valence-corrected chi connectivity index (χ3v) is 4.51. The number of carbonyl (C=O) groups excluding carboxylic acids is 1. The van der Waals surface area contributed by atoms with E-state index in [1.54, 1.807) is 25.5 Å². The molecular weight excluding hydrogens is 370 g/mol. The Hall–Kier alpha value is -3.68. The summed E-state index contributed by atoms with van der Waals surface area (Å²) in [5.41, 5.74) is 2.26. The van der Waals surface area contributed by atoms with Crippen LogP contribution in [-0.2, 0) is 9.53 Å². The van der Waals surface area contributed by atoms with Gasteiger partial charge in [0.05, 0.1) is 19.2 Å². The van der Waals surface area contributed by atoms with E-state index in [1.165, 1.54) is 0 Å². The smallest absolute Gasteiger partial charge is 0.328 e. The van der Waals surface area contributed by atoms with Gasteiger partial charge in [-0.15, -0.1) is 5.10 Å². The maximum absolute atomic E-state index is 12.1. The van der Waals surface area contributed by atoms with Gasteiger partial charge in [0.1, 0.15) is 11.8 Å². The summed E-state index contributed by atoms with van der Waals surface area (Å²) in [5, 5.41) is 8.60. The van der Waals surface area contributed by atoms with E-state index in [0.717, 1.165) is 22.2 Å². The lowest BCUT2D eigenvalue weighted by atomic mass is 10.2. The zero-order valence-electron chi connectivity index (χ0n) is 16.4. The lowest BCUT2D eigenvalue weighted by Gasteiger charge is -2.14. The number of anilines is 1. The van der Waals surface area contributed by atoms with Gasteiger partial charge in [-0.1, -0.05) is 12.1 Å². The quantitative estimate of drug-likeness (QED) is 0.504. The molecular formula is C21H21N5O3. The van der Waals surface area contributed by atoms with E-state index in [4.69, 9.17) is 14.5 Å². The largest absolute Gasteiger partial charge is 0.497 e. The molecule has 0 spiro atoms. The average molecular weight is 391 g/mol. The van der Waals surface area contributed by atoms with Crippen LogP contribution in [0.1, 0.15) is 13.8 Å². The van der Waals surface area contributed by atoms with E-state index in [9.17, 15) is 4.79 Å². The topological polar surface area (TPSA) is 90.6 Å². The second-order valence-electron chi connectivity index (χ2n) is 6.47. The molecule has 29 heavy (non-hydrogen) atoms. The van der Waals surface area contributed by atoms with Crippen LogP contribution in [0, 0.1) is 0 Å². The summed E-state index contributed by atoms with van der Waals surface area (Å²) in [4.78, 5) is 21.4. The van der Waals surface area contributed by atoms with E-state index >= 15 is 0 Å². The van der Waals surface area contributed by atoms with Crippen molar-refractivity contribution in [3.05, 3.63) is 48.5 Å². The summed E-state index contributed by atoms with van der Waals surface area (Å²) in [6, 6.07) is 14.6. The molecule has 0 saturated heterocycles. The van der Waals surface area contributed by atoms with Gasteiger partial charge < -0.3 is 14.8 Å². The normalized spacial score (nSPS) is 12.1. The Morgan fingerprint density at radius 3 is 2.62 bits per heavy atom. The number of nitrogens with one attached hydrogen (secondary N) is 1. The first-order valence-electron chi connectivity index (χ1n) is 9.34. The number of nitrogens with zero attached hydrogens (tertiary/aromatic N) is 4. The van der Waals surface area contributed by atoms with Gasteiger partial charge in [0, 0.05) is 10.9 Å². The van der Waals surface area contributed by atoms with Crippen LogP contribution >= 0.6 is 0 Å². The molecule has 0 saturated carbocycles. The fraction of sp³-hybridized carbons (Fsp3) is 0.238. The third-order valence-electron chi connectivity index (χ3n) is 4.51. The van der Waals surface area contributed by atoms with Crippen molar-refractivity contribution in [2.45, 2.75) is 19.9 Å². The molecule has 2 aromatic heterocycles. The summed E-state index contributed by atoms with van der Waals surface area (Å²) < 4.78 is 11.9. The number of benzene rings is 2. The van der Waals surface area contributed by atoms with Crippen LogP contribution in [0.4, 0.5) is 5.95 Å². The molecule has 8 nitrogen and oxygen atoms in total. The first-order valence-corrected chi connectivity index (χ1v) is 9.34. The predicted octanol–water partition coefficient (Wildman–Crippen LogP) is 3.32. The van der Waals surface area contributed by atoms with Crippen molar-refractivity contribution >= 4 is 28.5 Å². The summed E-state index contributed by atoms with van der Waals surface area (Å²) >= 11 is 0. The van der Waals surface area contributed by atoms with Crippen molar-refractivity contribution in [2.75, 3.05) is 19.0 Å². The van der Waals surface area contributed by atoms with Gasteiger partial charge in [0.25, 0.3) is 0 Å². The first-order chi connectivity index (χ1) is 14.1. The maximum Gasteiger partial charge on any atom is 0.328 e. The highest BCUT2D eigenvalue weighted by atomic mass is 16.5. The SMILES string of the molecule is CCOC(=O)C(C)Nc1nc2ccccc2c2nc(-c3ccc(OC)cc3)nn12. The minimum absolute atomic E-state index is 0.316. The zero-order chi connectivity index (χ0) is 20.4. The summed E-state index contributed by atoms with van der Waals surface area (Å²) in [7, 11) is 1.62. The van der Waals surface area contributed by atoms with Crippen LogP contribution in [0.15, 0.2) is 48.5 Å². The molecule has 0 amide bonds. The van der Waals surface area contributed by atoms with E-state index in [0.29, 0.717) is 24.0 Å². The van der Waals surface area contributed by atoms with Crippen molar-refractivity contribution in [3.63, 3.8) is 0 Å². The molecule has 148 valence electrons. The highest BCUT2D eigenvalue weighted by Gasteiger charge is 2.19. The van der Waals surface area contributed by atoms with Gasteiger partial charge in [-0.2, -0.15) is 4.52 Å². The Morgan fingerprint density at radius 1 is 1.14 bits per heavy atom. The molecule has 2 heterocycles. The standard InChI is InChI=1S/C21H21N5O3/c1-4-29-20(27)13(2)22-21-23-17-8-6-5-7-16(17)19-24-18(25-26(19)21)14-9-11-15(28-3)12-10-14/h5-13H,4H2,1-3H3,(H,22,23). The molecule has 4 rings (SSSR count). The molecule has 0 radical (unpaired) electrons. The number of carbonyl (C=O) groups is 1. The van der Waals surface area contributed by atoms with Gasteiger partial charge in [-0.25, -0.2) is 14.8 Å². The highest BCUT2D eigenvalue weighted by Crippen LogP contribution is 2.25. The molecule has 2 aromatic carbocycles. The molecule has 0 aliphatic heterocycles. The van der Waals surface area contributed by atoms with Crippen molar-refractivity contribution in [1.29, 1.82) is 0 Å². The van der Waals surface area contributed by atoms with Gasteiger partial charge >= 0.3 is 5.97 Å². The van der Waals surface area contributed by atoms with Crippen LogP contribution in [0.2, 0.25) is 0 Å². The van der Waals surface area contributed by atoms with Crippen molar-refractivity contribution < 1.29 is 14.3 Å². The maximum atomic E-state index is 12.1. The predicted molar refractivity (Wildman–Crippen MR) is 110 cm³/mol. The second-order valence-corrected chi connectivity index (χ2v) is 6.47. The first kappa shape index (κ1) is 18.7. The number of fused-ring (bicyclic) bond motifs is 3. The number of aromatic nitrogens is 4. The van der Waals surface area contributed by atoms with Gasteiger partial charge in [-0.05, 0) is 50.2 Å². The number of methoxy groups -OCH3 is 1. The highest BCUT2D eigenvalue weighted by molar-refractivity contribution is 5.93. The van der Waals surface area contributed by atoms with Crippen molar-refractivity contribution in [1.82, 2.24) is 19.6 Å². The third kappa shape index (κ3) is 3.56. The van der Waals surface area contributed by atoms with Gasteiger partial charge in [0.15, 0.2) is 11.5 Å². The second kappa shape index (κ2) is 7.75. The van der Waals surface area contributed by atoms with Crippen LogP contribution in [-0.4, -0.2) is 45.3 Å². The van der Waals surface area contributed by atoms with E-state index < -0.39 is 6.04 Å². The molecule has 0 aliphatic rings. The fourth-order valence-electron chi connectivity index (χ4n) is 3.03. The Balaban J connectivity index is 1.83. The Labute approximate surface area is 167 Å². The van der Waals surface area contributed by atoms with E-state index in [2.05, 4.69) is 15.4 Å². The Kier molecular flexibility index (Phi) is 4.99.